The first kappa shape index (κ1) is 9.30. The third kappa shape index (κ3) is 1.38. The van der Waals surface area contributed by atoms with Crippen LogP contribution in [0.4, 0.5) is 0 Å². The Morgan fingerprint density at radius 1 is 1.58 bits per heavy atom. The van der Waals surface area contributed by atoms with Crippen molar-refractivity contribution in [3.05, 3.63) is 12.2 Å². The highest BCUT2D eigenvalue weighted by atomic mass is 16.4. The molecule has 12 heavy (non-hydrogen) atoms. The minimum Gasteiger partial charge on any atom is -0.481 e. The number of aliphatic carboxylic acids is 1. The standard InChI is InChI=1S/C10H16O2/c1-6(2)5-7-8(9(11)12)10(7,3)4/h7-8H,1,5H2,2-4H3,(H,11,12). The lowest BCUT2D eigenvalue weighted by atomic mass is 10.1. The van der Waals surface area contributed by atoms with Crippen LogP contribution in [0.3, 0.4) is 0 Å². The van der Waals surface area contributed by atoms with Gasteiger partial charge in [-0.1, -0.05) is 19.4 Å². The Labute approximate surface area is 73.3 Å². The number of hydrogen-bond acceptors (Lipinski definition) is 1. The summed E-state index contributed by atoms with van der Waals surface area (Å²) in [6.45, 7) is 9.78. The second-order valence-electron chi connectivity index (χ2n) is 4.40. The van der Waals surface area contributed by atoms with Crippen molar-refractivity contribution in [2.24, 2.45) is 17.3 Å². The van der Waals surface area contributed by atoms with Gasteiger partial charge >= 0.3 is 5.97 Å². The van der Waals surface area contributed by atoms with Gasteiger partial charge in [0.05, 0.1) is 5.92 Å². The monoisotopic (exact) mass is 168 g/mol. The van der Waals surface area contributed by atoms with Crippen LogP contribution in [0.1, 0.15) is 27.2 Å². The summed E-state index contributed by atoms with van der Waals surface area (Å²) in [6.07, 6.45) is 0.851. The van der Waals surface area contributed by atoms with Gasteiger partial charge in [-0.15, -0.1) is 6.58 Å². The fraction of sp³-hybridized carbons (Fsp3) is 0.700. The second kappa shape index (κ2) is 2.61. The van der Waals surface area contributed by atoms with Crippen LogP contribution in [0.25, 0.3) is 0 Å². The number of hydrogen-bond donors (Lipinski definition) is 1. The predicted octanol–water partition coefficient (Wildman–Crippen LogP) is 2.31. The van der Waals surface area contributed by atoms with Gasteiger partial charge < -0.3 is 5.11 Å². The van der Waals surface area contributed by atoms with E-state index in [4.69, 9.17) is 5.11 Å². The molecule has 2 unspecified atom stereocenters. The lowest BCUT2D eigenvalue weighted by Gasteiger charge is -2.00. The Bertz CT molecular complexity index is 228. The maximum absolute atomic E-state index is 10.7. The van der Waals surface area contributed by atoms with Crippen LogP contribution in [0.2, 0.25) is 0 Å². The molecule has 0 saturated heterocycles. The topological polar surface area (TPSA) is 37.3 Å². The van der Waals surface area contributed by atoms with Crippen LogP contribution < -0.4 is 0 Å². The zero-order chi connectivity index (χ0) is 9.52. The minimum atomic E-state index is -0.661. The summed E-state index contributed by atoms with van der Waals surface area (Å²) in [5.41, 5.74) is 1.06. The summed E-state index contributed by atoms with van der Waals surface area (Å²) in [5, 5.41) is 8.84. The molecule has 0 amide bonds. The molecule has 68 valence electrons. The van der Waals surface area contributed by atoms with Crippen molar-refractivity contribution in [3.63, 3.8) is 0 Å². The number of allylic oxidation sites excluding steroid dienone is 1. The summed E-state index contributed by atoms with van der Waals surface area (Å²) in [7, 11) is 0. The van der Waals surface area contributed by atoms with Crippen molar-refractivity contribution in [2.45, 2.75) is 27.2 Å². The van der Waals surface area contributed by atoms with E-state index in [-0.39, 0.29) is 11.3 Å². The van der Waals surface area contributed by atoms with E-state index >= 15 is 0 Å². The molecule has 0 aliphatic heterocycles. The average molecular weight is 168 g/mol. The Morgan fingerprint density at radius 2 is 2.08 bits per heavy atom. The Morgan fingerprint density at radius 3 is 2.33 bits per heavy atom. The summed E-state index contributed by atoms with van der Waals surface area (Å²) in [5.74, 6) is -0.520. The molecule has 1 fully saturated rings. The summed E-state index contributed by atoms with van der Waals surface area (Å²) < 4.78 is 0. The van der Waals surface area contributed by atoms with E-state index in [2.05, 4.69) is 6.58 Å². The zero-order valence-corrected chi connectivity index (χ0v) is 7.92. The van der Waals surface area contributed by atoms with Gasteiger partial charge in [-0.25, -0.2) is 0 Å². The molecule has 2 atom stereocenters. The second-order valence-corrected chi connectivity index (χ2v) is 4.40. The molecule has 1 aliphatic rings. The van der Waals surface area contributed by atoms with E-state index in [9.17, 15) is 4.79 Å². The Kier molecular flexibility index (Phi) is 2.02. The highest BCUT2D eigenvalue weighted by molar-refractivity contribution is 5.75. The van der Waals surface area contributed by atoms with Gasteiger partial charge in [0.25, 0.3) is 0 Å². The summed E-state index contributed by atoms with van der Waals surface area (Å²) in [6, 6.07) is 0. The molecule has 0 aromatic rings. The normalized spacial score (nSPS) is 31.2. The smallest absolute Gasteiger partial charge is 0.307 e. The van der Waals surface area contributed by atoms with Crippen molar-refractivity contribution in [1.29, 1.82) is 0 Å². The fourth-order valence-electron chi connectivity index (χ4n) is 1.99. The molecule has 1 N–H and O–H groups in total. The molecule has 1 saturated carbocycles. The van der Waals surface area contributed by atoms with Gasteiger partial charge in [0.2, 0.25) is 0 Å². The Balaban J connectivity index is 2.60. The van der Waals surface area contributed by atoms with Gasteiger partial charge in [-0.3, -0.25) is 4.79 Å². The number of carbonyl (C=O) groups is 1. The van der Waals surface area contributed by atoms with Gasteiger partial charge in [-0.2, -0.15) is 0 Å². The van der Waals surface area contributed by atoms with E-state index in [0.29, 0.717) is 5.92 Å². The molecule has 2 heteroatoms. The Hall–Kier alpha value is -0.790. The third-order valence-electron chi connectivity index (χ3n) is 2.88. The van der Waals surface area contributed by atoms with Crippen molar-refractivity contribution >= 4 is 5.97 Å². The van der Waals surface area contributed by atoms with E-state index in [0.717, 1.165) is 12.0 Å². The molecular formula is C10H16O2. The highest BCUT2D eigenvalue weighted by Crippen LogP contribution is 2.60. The van der Waals surface area contributed by atoms with Crippen molar-refractivity contribution in [1.82, 2.24) is 0 Å². The maximum Gasteiger partial charge on any atom is 0.307 e. The van der Waals surface area contributed by atoms with E-state index in [1.807, 2.05) is 20.8 Å². The molecule has 0 aromatic carbocycles. The minimum absolute atomic E-state index is 0.0230. The largest absolute Gasteiger partial charge is 0.481 e. The van der Waals surface area contributed by atoms with Crippen LogP contribution in [0, 0.1) is 17.3 Å². The van der Waals surface area contributed by atoms with E-state index in [1.165, 1.54) is 0 Å². The van der Waals surface area contributed by atoms with Crippen molar-refractivity contribution in [2.75, 3.05) is 0 Å². The van der Waals surface area contributed by atoms with E-state index in [1.54, 1.807) is 0 Å². The van der Waals surface area contributed by atoms with Crippen LogP contribution in [-0.2, 0) is 4.79 Å². The summed E-state index contributed by atoms with van der Waals surface area (Å²) >= 11 is 0. The van der Waals surface area contributed by atoms with Crippen LogP contribution in [0.15, 0.2) is 12.2 Å². The first-order valence-electron chi connectivity index (χ1n) is 4.24. The van der Waals surface area contributed by atoms with Gasteiger partial charge in [0.15, 0.2) is 0 Å². The summed E-state index contributed by atoms with van der Waals surface area (Å²) in [4.78, 5) is 10.7. The van der Waals surface area contributed by atoms with Gasteiger partial charge in [0.1, 0.15) is 0 Å². The SMILES string of the molecule is C=C(C)CC1C(C(=O)O)C1(C)C. The molecule has 0 radical (unpaired) electrons. The van der Waals surface area contributed by atoms with Gasteiger partial charge in [-0.05, 0) is 24.7 Å². The molecule has 0 bridgehead atoms. The number of carboxylic acid groups (broad SMARTS) is 1. The number of carboxylic acids is 1. The highest BCUT2D eigenvalue weighted by Gasteiger charge is 2.61. The third-order valence-corrected chi connectivity index (χ3v) is 2.88. The first-order chi connectivity index (χ1) is 5.37. The molecular weight excluding hydrogens is 152 g/mol. The molecule has 0 spiro atoms. The molecule has 2 nitrogen and oxygen atoms in total. The van der Waals surface area contributed by atoms with Crippen molar-refractivity contribution < 1.29 is 9.90 Å². The van der Waals surface area contributed by atoms with Crippen LogP contribution in [-0.4, -0.2) is 11.1 Å². The molecule has 0 aromatic heterocycles. The van der Waals surface area contributed by atoms with Crippen LogP contribution >= 0.6 is 0 Å². The van der Waals surface area contributed by atoms with Crippen molar-refractivity contribution in [3.8, 4) is 0 Å². The quantitative estimate of drug-likeness (QED) is 0.656. The maximum atomic E-state index is 10.7. The molecule has 1 aliphatic carbocycles. The zero-order valence-electron chi connectivity index (χ0n) is 7.92. The molecule has 0 heterocycles. The predicted molar refractivity (Wildman–Crippen MR) is 47.8 cm³/mol. The van der Waals surface area contributed by atoms with E-state index < -0.39 is 5.97 Å². The fourth-order valence-corrected chi connectivity index (χ4v) is 1.99. The average Bonchev–Trinajstić information content (AvgIpc) is 2.32. The van der Waals surface area contributed by atoms with Crippen LogP contribution in [0.5, 0.6) is 0 Å². The first-order valence-corrected chi connectivity index (χ1v) is 4.24. The lowest BCUT2D eigenvalue weighted by Crippen LogP contribution is -2.03. The lowest BCUT2D eigenvalue weighted by molar-refractivity contribution is -0.139. The molecule has 1 rings (SSSR count). The van der Waals surface area contributed by atoms with Gasteiger partial charge in [0, 0.05) is 0 Å². The number of rotatable bonds is 3.